The number of thioether (sulfide) groups is 1. The number of nitrogens with zero attached hydrogens (tertiary/aromatic N) is 3. The monoisotopic (exact) mass is 377 g/mol. The van der Waals surface area contributed by atoms with Gasteiger partial charge in [0, 0.05) is 6.54 Å². The van der Waals surface area contributed by atoms with Gasteiger partial charge < -0.3 is 9.64 Å². The number of carbonyl (C=O) groups is 1. The molecule has 25 heavy (non-hydrogen) atoms. The highest BCUT2D eigenvalue weighted by molar-refractivity contribution is 8.02. The molecule has 2 aromatic rings. The van der Waals surface area contributed by atoms with Crippen LogP contribution in [0.3, 0.4) is 0 Å². The zero-order chi connectivity index (χ0) is 17.6. The summed E-state index contributed by atoms with van der Waals surface area (Å²) >= 11 is 2.97. The smallest absolute Gasteiger partial charge is 0.236 e. The second-order valence-electron chi connectivity index (χ2n) is 6.13. The fraction of sp³-hybridized carbons (Fsp3) is 0.500. The molecule has 2 atom stereocenters. The van der Waals surface area contributed by atoms with E-state index in [1.54, 1.807) is 12.6 Å². The van der Waals surface area contributed by atoms with Crippen molar-refractivity contribution in [3.63, 3.8) is 0 Å². The Morgan fingerprint density at radius 2 is 2.12 bits per heavy atom. The highest BCUT2D eigenvalue weighted by Gasteiger charge is 2.30. The molecule has 1 aliphatic rings. The molecule has 3 rings (SSSR count). The summed E-state index contributed by atoms with van der Waals surface area (Å²) in [5, 5.41) is 7.74. The molecule has 7 heteroatoms. The van der Waals surface area contributed by atoms with Crippen LogP contribution in [0.1, 0.15) is 44.2 Å². The lowest BCUT2D eigenvalue weighted by molar-refractivity contribution is -0.132. The molecule has 1 fully saturated rings. The highest BCUT2D eigenvalue weighted by atomic mass is 32.2. The summed E-state index contributed by atoms with van der Waals surface area (Å²) in [5.74, 6) is 1.03. The van der Waals surface area contributed by atoms with Crippen LogP contribution in [0.15, 0.2) is 34.1 Å². The van der Waals surface area contributed by atoms with Crippen LogP contribution in [0.2, 0.25) is 0 Å². The van der Waals surface area contributed by atoms with Crippen LogP contribution in [0.5, 0.6) is 5.75 Å². The third-order valence-electron chi connectivity index (χ3n) is 4.50. The summed E-state index contributed by atoms with van der Waals surface area (Å²) in [6.45, 7) is 2.78. The SMILES string of the molecule is COc1ccc([C@H]2CCCCCN2C(=O)[C@@H](C)Sc2nncs2)cc1. The minimum absolute atomic E-state index is 0.137. The third kappa shape index (κ3) is 4.52. The Morgan fingerprint density at radius 1 is 1.32 bits per heavy atom. The number of amides is 1. The predicted molar refractivity (Wildman–Crippen MR) is 101 cm³/mol. The van der Waals surface area contributed by atoms with Gasteiger partial charge in [-0.15, -0.1) is 10.2 Å². The Bertz CT molecular complexity index is 676. The van der Waals surface area contributed by atoms with Crippen LogP contribution in [0.4, 0.5) is 0 Å². The lowest BCUT2D eigenvalue weighted by Gasteiger charge is -2.32. The van der Waals surface area contributed by atoms with Crippen LogP contribution in [-0.2, 0) is 4.79 Å². The molecule has 2 heterocycles. The highest BCUT2D eigenvalue weighted by Crippen LogP contribution is 2.34. The number of carbonyl (C=O) groups excluding carboxylic acids is 1. The molecule has 134 valence electrons. The Kier molecular flexibility index (Phi) is 6.31. The number of aromatic nitrogens is 2. The molecule has 5 nitrogen and oxygen atoms in total. The first-order valence-electron chi connectivity index (χ1n) is 8.56. The number of hydrogen-bond acceptors (Lipinski definition) is 6. The Labute approximate surface area is 156 Å². The van der Waals surface area contributed by atoms with E-state index in [1.165, 1.54) is 35.1 Å². The quantitative estimate of drug-likeness (QED) is 0.732. The predicted octanol–water partition coefficient (Wildman–Crippen LogP) is 4.17. The van der Waals surface area contributed by atoms with Gasteiger partial charge >= 0.3 is 0 Å². The second kappa shape index (κ2) is 8.67. The third-order valence-corrected chi connectivity index (χ3v) is 6.40. The van der Waals surface area contributed by atoms with Gasteiger partial charge in [-0.05, 0) is 37.5 Å². The van der Waals surface area contributed by atoms with Crippen molar-refractivity contribution in [3.05, 3.63) is 35.3 Å². The summed E-state index contributed by atoms with van der Waals surface area (Å²) in [4.78, 5) is 15.2. The number of methoxy groups -OCH3 is 1. The van der Waals surface area contributed by atoms with E-state index in [0.29, 0.717) is 0 Å². The van der Waals surface area contributed by atoms with Crippen LogP contribution < -0.4 is 4.74 Å². The van der Waals surface area contributed by atoms with E-state index in [0.717, 1.165) is 35.9 Å². The molecule has 1 aromatic heterocycles. The van der Waals surface area contributed by atoms with Crippen LogP contribution in [0, 0.1) is 0 Å². The zero-order valence-electron chi connectivity index (χ0n) is 14.6. The molecule has 0 aliphatic carbocycles. The molecule has 1 amide bonds. The fourth-order valence-corrected chi connectivity index (χ4v) is 4.89. The second-order valence-corrected chi connectivity index (χ2v) is 8.56. The molecule has 0 N–H and O–H groups in total. The van der Waals surface area contributed by atoms with Crippen LogP contribution >= 0.6 is 23.1 Å². The first-order chi connectivity index (χ1) is 12.2. The van der Waals surface area contributed by atoms with Gasteiger partial charge in [0.15, 0.2) is 4.34 Å². The lowest BCUT2D eigenvalue weighted by Crippen LogP contribution is -2.39. The van der Waals surface area contributed by atoms with Crippen molar-refractivity contribution in [2.45, 2.75) is 48.2 Å². The van der Waals surface area contributed by atoms with E-state index in [2.05, 4.69) is 27.2 Å². The largest absolute Gasteiger partial charge is 0.497 e. The van der Waals surface area contributed by atoms with Gasteiger partial charge in [0.2, 0.25) is 5.91 Å². The van der Waals surface area contributed by atoms with Crippen molar-refractivity contribution < 1.29 is 9.53 Å². The van der Waals surface area contributed by atoms with Gasteiger partial charge in [-0.3, -0.25) is 4.79 Å². The van der Waals surface area contributed by atoms with Crippen LogP contribution in [0.25, 0.3) is 0 Å². The average molecular weight is 378 g/mol. The Morgan fingerprint density at radius 3 is 2.80 bits per heavy atom. The molecule has 0 radical (unpaired) electrons. The number of likely N-dealkylation sites (tertiary alicyclic amines) is 1. The van der Waals surface area contributed by atoms with Gasteiger partial charge in [0.25, 0.3) is 0 Å². The molecule has 0 spiro atoms. The number of benzene rings is 1. The molecule has 0 saturated carbocycles. The van der Waals surface area contributed by atoms with E-state index in [-0.39, 0.29) is 17.2 Å². The molecule has 0 unspecified atom stereocenters. The maximum atomic E-state index is 13.1. The van der Waals surface area contributed by atoms with Gasteiger partial charge in [0.1, 0.15) is 11.3 Å². The molecule has 1 aromatic carbocycles. The summed E-state index contributed by atoms with van der Waals surface area (Å²) in [6, 6.07) is 8.25. The molecule has 1 saturated heterocycles. The number of ether oxygens (including phenoxy) is 1. The van der Waals surface area contributed by atoms with E-state index < -0.39 is 0 Å². The van der Waals surface area contributed by atoms with Crippen LogP contribution in [-0.4, -0.2) is 39.9 Å². The van der Waals surface area contributed by atoms with Gasteiger partial charge in [-0.25, -0.2) is 0 Å². The fourth-order valence-electron chi connectivity index (χ4n) is 3.19. The topological polar surface area (TPSA) is 55.3 Å². The maximum Gasteiger partial charge on any atom is 0.236 e. The minimum Gasteiger partial charge on any atom is -0.497 e. The molecular formula is C18H23N3O2S2. The van der Waals surface area contributed by atoms with E-state index in [4.69, 9.17) is 4.74 Å². The van der Waals surface area contributed by atoms with Crippen molar-refractivity contribution in [3.8, 4) is 5.75 Å². The van der Waals surface area contributed by atoms with E-state index in [9.17, 15) is 4.79 Å². The first kappa shape index (κ1) is 18.2. The Hall–Kier alpha value is -1.60. The van der Waals surface area contributed by atoms with E-state index in [1.807, 2.05) is 19.1 Å². The van der Waals surface area contributed by atoms with Gasteiger partial charge in [-0.2, -0.15) is 0 Å². The Balaban J connectivity index is 1.77. The van der Waals surface area contributed by atoms with Gasteiger partial charge in [-0.1, -0.05) is 48.1 Å². The molecule has 1 aliphatic heterocycles. The molecule has 0 bridgehead atoms. The zero-order valence-corrected chi connectivity index (χ0v) is 16.2. The maximum absolute atomic E-state index is 13.1. The average Bonchev–Trinajstić information content (AvgIpc) is 3.03. The van der Waals surface area contributed by atoms with Crippen molar-refractivity contribution in [2.24, 2.45) is 0 Å². The van der Waals surface area contributed by atoms with Crippen molar-refractivity contribution >= 4 is 29.0 Å². The summed E-state index contributed by atoms with van der Waals surface area (Å²) in [6.07, 6.45) is 4.40. The van der Waals surface area contributed by atoms with Crippen molar-refractivity contribution in [2.75, 3.05) is 13.7 Å². The normalized spacial score (nSPS) is 19.3. The molecular weight excluding hydrogens is 354 g/mol. The minimum atomic E-state index is -0.160. The van der Waals surface area contributed by atoms with Gasteiger partial charge in [0.05, 0.1) is 18.4 Å². The summed E-state index contributed by atoms with van der Waals surface area (Å²) < 4.78 is 6.10. The number of rotatable bonds is 5. The van der Waals surface area contributed by atoms with Crippen molar-refractivity contribution in [1.82, 2.24) is 15.1 Å². The van der Waals surface area contributed by atoms with Crippen molar-refractivity contribution in [1.29, 1.82) is 0 Å². The summed E-state index contributed by atoms with van der Waals surface area (Å²) in [7, 11) is 1.67. The summed E-state index contributed by atoms with van der Waals surface area (Å²) in [5.41, 5.74) is 2.88. The standard InChI is InChI=1S/C18H23N3O2S2/c1-13(25-18-20-19-12-24-18)17(22)21-11-5-3-4-6-16(21)14-7-9-15(23-2)10-8-14/h7-10,12-13,16H,3-6,11H2,1-2H3/t13-,16-/m1/s1. The number of hydrogen-bond donors (Lipinski definition) is 0. The lowest BCUT2D eigenvalue weighted by atomic mass is 10.0. The first-order valence-corrected chi connectivity index (χ1v) is 10.3. The van der Waals surface area contributed by atoms with E-state index >= 15 is 0 Å².